The summed E-state index contributed by atoms with van der Waals surface area (Å²) in [6.45, 7) is 0. The molecule has 0 amide bonds. The monoisotopic (exact) mass is 258 g/mol. The van der Waals surface area contributed by atoms with E-state index in [9.17, 15) is 0 Å². The second kappa shape index (κ2) is 5.37. The van der Waals surface area contributed by atoms with Gasteiger partial charge in [-0.2, -0.15) is 0 Å². The topological polar surface area (TPSA) is 76.1 Å². The van der Waals surface area contributed by atoms with Crippen molar-refractivity contribution >= 4 is 40.1 Å². The Morgan fingerprint density at radius 3 is 2.17 bits per heavy atom. The molecule has 0 aliphatic carbocycles. The van der Waals surface area contributed by atoms with Gasteiger partial charge in [-0.25, -0.2) is 0 Å². The van der Waals surface area contributed by atoms with Crippen LogP contribution in [0.2, 0.25) is 0 Å². The number of benzene rings is 2. The van der Waals surface area contributed by atoms with Gasteiger partial charge in [-0.05, 0) is 54.7 Å². The average molecular weight is 258 g/mol. The molecule has 18 heavy (non-hydrogen) atoms. The second-order valence-electron chi connectivity index (χ2n) is 3.83. The Labute approximate surface area is 111 Å². The number of nitrogens with two attached hydrogens (primary N) is 2. The maximum atomic E-state index is 5.69. The van der Waals surface area contributed by atoms with E-state index in [-0.39, 0.29) is 0 Å². The van der Waals surface area contributed by atoms with Crippen LogP contribution in [0.5, 0.6) is 0 Å². The van der Waals surface area contributed by atoms with Crippen molar-refractivity contribution in [2.75, 3.05) is 22.1 Å². The third-order valence-electron chi connectivity index (χ3n) is 2.31. The quantitative estimate of drug-likeness (QED) is 0.492. The molecule has 0 saturated heterocycles. The molecule has 2 aromatic rings. The molecule has 0 heterocycles. The van der Waals surface area contributed by atoms with Crippen LogP contribution in [0, 0.1) is 0 Å². The molecular weight excluding hydrogens is 244 g/mol. The summed E-state index contributed by atoms with van der Waals surface area (Å²) < 4.78 is 0. The minimum Gasteiger partial charge on any atom is -0.399 e. The fraction of sp³-hybridized carbons (Fsp3) is 0. The van der Waals surface area contributed by atoms with Crippen LogP contribution in [-0.4, -0.2) is 5.11 Å². The predicted molar refractivity (Wildman–Crippen MR) is 81.6 cm³/mol. The third kappa shape index (κ3) is 3.36. The van der Waals surface area contributed by atoms with Gasteiger partial charge in [0, 0.05) is 22.7 Å². The van der Waals surface area contributed by atoms with Crippen molar-refractivity contribution in [1.82, 2.24) is 0 Å². The van der Waals surface area contributed by atoms with Crippen molar-refractivity contribution in [1.29, 1.82) is 0 Å². The zero-order valence-corrected chi connectivity index (χ0v) is 10.5. The molecule has 0 aromatic heterocycles. The van der Waals surface area contributed by atoms with Gasteiger partial charge in [0.1, 0.15) is 0 Å². The molecule has 2 rings (SSSR count). The number of nitrogen functional groups attached to an aromatic ring is 2. The Balaban J connectivity index is 1.98. The molecule has 0 bridgehead atoms. The average Bonchev–Trinajstić information content (AvgIpc) is 2.32. The van der Waals surface area contributed by atoms with Crippen molar-refractivity contribution in [2.45, 2.75) is 0 Å². The fourth-order valence-corrected chi connectivity index (χ4v) is 1.71. The summed E-state index contributed by atoms with van der Waals surface area (Å²) in [5, 5.41) is 6.62. The molecule has 5 heteroatoms. The summed E-state index contributed by atoms with van der Waals surface area (Å²) in [7, 11) is 0. The van der Waals surface area contributed by atoms with Gasteiger partial charge < -0.3 is 22.1 Å². The smallest absolute Gasteiger partial charge is 0.175 e. The summed E-state index contributed by atoms with van der Waals surface area (Å²) in [5.74, 6) is 0. The van der Waals surface area contributed by atoms with E-state index in [4.69, 9.17) is 23.7 Å². The van der Waals surface area contributed by atoms with E-state index < -0.39 is 0 Å². The first kappa shape index (κ1) is 12.2. The zero-order valence-electron chi connectivity index (χ0n) is 9.68. The molecule has 4 nitrogen and oxygen atoms in total. The largest absolute Gasteiger partial charge is 0.399 e. The van der Waals surface area contributed by atoms with Crippen molar-refractivity contribution < 1.29 is 0 Å². The van der Waals surface area contributed by atoms with Crippen LogP contribution in [-0.2, 0) is 0 Å². The minimum absolute atomic E-state index is 0.505. The molecule has 92 valence electrons. The van der Waals surface area contributed by atoms with E-state index in [2.05, 4.69) is 10.6 Å². The summed E-state index contributed by atoms with van der Waals surface area (Å²) >= 11 is 5.20. The van der Waals surface area contributed by atoms with Crippen LogP contribution in [0.3, 0.4) is 0 Å². The number of hydrogen-bond donors (Lipinski definition) is 4. The maximum absolute atomic E-state index is 5.69. The van der Waals surface area contributed by atoms with E-state index in [1.807, 2.05) is 48.5 Å². The Hall–Kier alpha value is -2.27. The lowest BCUT2D eigenvalue weighted by Crippen LogP contribution is -2.19. The summed E-state index contributed by atoms with van der Waals surface area (Å²) in [5.41, 5.74) is 14.4. The molecular formula is C13H14N4S. The Morgan fingerprint density at radius 1 is 0.833 bits per heavy atom. The lowest BCUT2D eigenvalue weighted by molar-refractivity contribution is 1.59. The van der Waals surface area contributed by atoms with Crippen molar-refractivity contribution in [3.05, 3.63) is 48.5 Å². The van der Waals surface area contributed by atoms with Crippen LogP contribution in [0.15, 0.2) is 48.5 Å². The molecule has 0 saturated carbocycles. The molecule has 0 unspecified atom stereocenters. The summed E-state index contributed by atoms with van der Waals surface area (Å²) in [4.78, 5) is 0. The van der Waals surface area contributed by atoms with Crippen LogP contribution in [0.1, 0.15) is 0 Å². The third-order valence-corrected chi connectivity index (χ3v) is 2.52. The van der Waals surface area contributed by atoms with Crippen LogP contribution in [0.4, 0.5) is 22.7 Å². The van der Waals surface area contributed by atoms with Crippen molar-refractivity contribution in [3.63, 3.8) is 0 Å². The first-order chi connectivity index (χ1) is 8.63. The second-order valence-corrected chi connectivity index (χ2v) is 4.23. The van der Waals surface area contributed by atoms with Gasteiger partial charge in [-0.3, -0.25) is 0 Å². The number of anilines is 4. The first-order valence-corrected chi connectivity index (χ1v) is 5.83. The molecule has 2 aromatic carbocycles. The highest BCUT2D eigenvalue weighted by atomic mass is 32.1. The molecule has 0 aliphatic rings. The molecule has 6 N–H and O–H groups in total. The number of hydrogen-bond acceptors (Lipinski definition) is 3. The van der Waals surface area contributed by atoms with E-state index in [0.717, 1.165) is 17.1 Å². The normalized spacial score (nSPS) is 9.78. The Bertz CT molecular complexity index is 551. The molecule has 0 radical (unpaired) electrons. The lowest BCUT2D eigenvalue weighted by Gasteiger charge is -2.11. The number of nitrogens with one attached hydrogen (secondary N) is 2. The van der Waals surface area contributed by atoms with Gasteiger partial charge in [-0.1, -0.05) is 6.07 Å². The van der Waals surface area contributed by atoms with Gasteiger partial charge >= 0.3 is 0 Å². The highest BCUT2D eigenvalue weighted by Crippen LogP contribution is 2.14. The van der Waals surface area contributed by atoms with Gasteiger partial charge in [0.15, 0.2) is 5.11 Å². The van der Waals surface area contributed by atoms with Crippen molar-refractivity contribution in [2.24, 2.45) is 0 Å². The van der Waals surface area contributed by atoms with Gasteiger partial charge in [0.2, 0.25) is 0 Å². The van der Waals surface area contributed by atoms with Crippen LogP contribution in [0.25, 0.3) is 0 Å². The molecule has 0 fully saturated rings. The predicted octanol–water partition coefficient (Wildman–Crippen LogP) is 2.66. The number of rotatable bonds is 2. The van der Waals surface area contributed by atoms with E-state index in [1.165, 1.54) is 0 Å². The van der Waals surface area contributed by atoms with Crippen LogP contribution < -0.4 is 22.1 Å². The van der Waals surface area contributed by atoms with Crippen LogP contribution >= 0.6 is 12.2 Å². The standard InChI is InChI=1S/C13H14N4S/c14-9-4-6-11(7-5-9)16-13(18)17-12-3-1-2-10(15)8-12/h1-8H,14-15H2,(H2,16,17,18). The van der Waals surface area contributed by atoms with Gasteiger partial charge in [0.05, 0.1) is 0 Å². The van der Waals surface area contributed by atoms with Gasteiger partial charge in [0.25, 0.3) is 0 Å². The van der Waals surface area contributed by atoms with E-state index in [0.29, 0.717) is 10.8 Å². The Kier molecular flexibility index (Phi) is 3.64. The lowest BCUT2D eigenvalue weighted by atomic mass is 10.3. The summed E-state index contributed by atoms with van der Waals surface area (Å²) in [6, 6.07) is 14.7. The van der Waals surface area contributed by atoms with Crippen molar-refractivity contribution in [3.8, 4) is 0 Å². The molecule has 0 atom stereocenters. The maximum Gasteiger partial charge on any atom is 0.175 e. The fourth-order valence-electron chi connectivity index (χ4n) is 1.48. The minimum atomic E-state index is 0.505. The SMILES string of the molecule is Nc1ccc(NC(=S)Nc2cccc(N)c2)cc1. The number of thiocarbonyl (C=S) groups is 1. The first-order valence-electron chi connectivity index (χ1n) is 5.42. The highest BCUT2D eigenvalue weighted by Gasteiger charge is 1.99. The molecule has 0 spiro atoms. The molecule has 0 aliphatic heterocycles. The van der Waals surface area contributed by atoms with E-state index >= 15 is 0 Å². The van der Waals surface area contributed by atoms with E-state index in [1.54, 1.807) is 0 Å². The Morgan fingerprint density at radius 2 is 1.50 bits per heavy atom. The highest BCUT2D eigenvalue weighted by molar-refractivity contribution is 7.80. The zero-order chi connectivity index (χ0) is 13.0. The van der Waals surface area contributed by atoms with Gasteiger partial charge in [-0.15, -0.1) is 0 Å². The summed E-state index contributed by atoms with van der Waals surface area (Å²) in [6.07, 6.45) is 0.